The van der Waals surface area contributed by atoms with Gasteiger partial charge in [0.25, 0.3) is 0 Å². The Kier molecular flexibility index (Phi) is 2.55. The molecule has 0 amide bonds. The maximum absolute atomic E-state index is 9.62. The quantitative estimate of drug-likeness (QED) is 0.630. The summed E-state index contributed by atoms with van der Waals surface area (Å²) >= 11 is 0. The molecule has 0 saturated carbocycles. The van der Waals surface area contributed by atoms with E-state index >= 15 is 0 Å². The molecule has 2 nitrogen and oxygen atoms in total. The molecule has 1 fully saturated rings. The van der Waals surface area contributed by atoms with E-state index in [2.05, 4.69) is 19.2 Å². The number of nitrogens with one attached hydrogen (secondary N) is 1. The molecular formula is C9H19NO. The molecule has 11 heavy (non-hydrogen) atoms. The van der Waals surface area contributed by atoms with Crippen LogP contribution >= 0.6 is 0 Å². The van der Waals surface area contributed by atoms with Crippen LogP contribution in [0.5, 0.6) is 0 Å². The third-order valence-electron chi connectivity index (χ3n) is 2.21. The summed E-state index contributed by atoms with van der Waals surface area (Å²) in [4.78, 5) is 0. The molecule has 1 heterocycles. The van der Waals surface area contributed by atoms with Gasteiger partial charge in [0.15, 0.2) is 0 Å². The monoisotopic (exact) mass is 157 g/mol. The molecule has 0 aliphatic carbocycles. The van der Waals surface area contributed by atoms with Crippen molar-refractivity contribution in [3.05, 3.63) is 0 Å². The maximum atomic E-state index is 9.62. The Labute approximate surface area is 69.0 Å². The van der Waals surface area contributed by atoms with E-state index in [0.29, 0.717) is 6.04 Å². The first-order valence-electron chi connectivity index (χ1n) is 4.45. The second kappa shape index (κ2) is 3.11. The van der Waals surface area contributed by atoms with Crippen molar-refractivity contribution in [3.8, 4) is 0 Å². The van der Waals surface area contributed by atoms with Crippen LogP contribution in [0.25, 0.3) is 0 Å². The maximum Gasteiger partial charge on any atom is 0.0758 e. The third-order valence-corrected chi connectivity index (χ3v) is 2.21. The first kappa shape index (κ1) is 9.01. The van der Waals surface area contributed by atoms with Gasteiger partial charge in [-0.15, -0.1) is 0 Å². The van der Waals surface area contributed by atoms with Crippen LogP contribution in [0.1, 0.15) is 33.6 Å². The second-order valence-electron chi connectivity index (χ2n) is 4.41. The van der Waals surface area contributed by atoms with Crippen LogP contribution in [0.4, 0.5) is 0 Å². The largest absolute Gasteiger partial charge is 0.389 e. The summed E-state index contributed by atoms with van der Waals surface area (Å²) in [5.41, 5.74) is -0.459. The van der Waals surface area contributed by atoms with Gasteiger partial charge in [-0.2, -0.15) is 0 Å². The van der Waals surface area contributed by atoms with Gasteiger partial charge in [0.1, 0.15) is 0 Å². The van der Waals surface area contributed by atoms with Gasteiger partial charge >= 0.3 is 0 Å². The van der Waals surface area contributed by atoms with Crippen molar-refractivity contribution in [2.24, 2.45) is 5.92 Å². The number of hydrogen-bond acceptors (Lipinski definition) is 2. The number of hydrogen-bond donors (Lipinski definition) is 2. The molecule has 1 aliphatic heterocycles. The average molecular weight is 157 g/mol. The lowest BCUT2D eigenvalue weighted by Crippen LogP contribution is -2.26. The molecule has 0 spiro atoms. The zero-order valence-electron chi connectivity index (χ0n) is 7.72. The van der Waals surface area contributed by atoms with Crippen molar-refractivity contribution in [1.29, 1.82) is 0 Å². The van der Waals surface area contributed by atoms with Crippen molar-refractivity contribution in [3.63, 3.8) is 0 Å². The van der Waals surface area contributed by atoms with Gasteiger partial charge in [-0.05, 0) is 25.7 Å². The normalized spacial score (nSPS) is 38.5. The molecule has 0 radical (unpaired) electrons. The van der Waals surface area contributed by atoms with Crippen LogP contribution in [0.2, 0.25) is 0 Å². The molecule has 2 heteroatoms. The van der Waals surface area contributed by atoms with Crippen LogP contribution in [-0.2, 0) is 0 Å². The Morgan fingerprint density at radius 1 is 1.64 bits per heavy atom. The Hall–Kier alpha value is -0.0800. The second-order valence-corrected chi connectivity index (χ2v) is 4.41. The van der Waals surface area contributed by atoms with E-state index < -0.39 is 5.60 Å². The Morgan fingerprint density at radius 2 is 2.27 bits per heavy atom. The lowest BCUT2D eigenvalue weighted by Gasteiger charge is -2.15. The highest BCUT2D eigenvalue weighted by molar-refractivity contribution is 4.90. The van der Waals surface area contributed by atoms with Gasteiger partial charge in [-0.3, -0.25) is 0 Å². The summed E-state index contributed by atoms with van der Waals surface area (Å²) in [6.07, 6.45) is 2.08. The standard InChI is InChI=1S/C9H19NO/c1-7(2)4-8-5-9(3,11)6-10-8/h7-8,10-11H,4-6H2,1-3H3. The van der Waals surface area contributed by atoms with Crippen LogP contribution in [0.15, 0.2) is 0 Å². The summed E-state index contributed by atoms with van der Waals surface area (Å²) in [5, 5.41) is 12.9. The zero-order valence-corrected chi connectivity index (χ0v) is 7.72. The van der Waals surface area contributed by atoms with E-state index in [1.807, 2.05) is 6.92 Å². The molecule has 1 saturated heterocycles. The molecule has 0 aromatic heterocycles. The van der Waals surface area contributed by atoms with Crippen molar-refractivity contribution in [2.75, 3.05) is 6.54 Å². The van der Waals surface area contributed by atoms with Gasteiger partial charge < -0.3 is 10.4 Å². The molecule has 66 valence electrons. The summed E-state index contributed by atoms with van der Waals surface area (Å²) in [7, 11) is 0. The van der Waals surface area contributed by atoms with Gasteiger partial charge in [0, 0.05) is 12.6 Å². The van der Waals surface area contributed by atoms with Crippen molar-refractivity contribution in [1.82, 2.24) is 5.32 Å². The fourth-order valence-corrected chi connectivity index (χ4v) is 1.78. The third kappa shape index (κ3) is 2.80. The molecule has 0 aromatic carbocycles. The van der Waals surface area contributed by atoms with Crippen molar-refractivity contribution < 1.29 is 5.11 Å². The first-order chi connectivity index (χ1) is 4.99. The minimum atomic E-state index is -0.459. The summed E-state index contributed by atoms with van der Waals surface area (Å²) in [6.45, 7) is 7.09. The summed E-state index contributed by atoms with van der Waals surface area (Å²) in [6, 6.07) is 0.532. The summed E-state index contributed by atoms with van der Waals surface area (Å²) < 4.78 is 0. The molecule has 1 rings (SSSR count). The van der Waals surface area contributed by atoms with E-state index in [4.69, 9.17) is 0 Å². The Bertz CT molecular complexity index is 132. The Morgan fingerprint density at radius 3 is 2.64 bits per heavy atom. The topological polar surface area (TPSA) is 32.3 Å². The fourth-order valence-electron chi connectivity index (χ4n) is 1.78. The highest BCUT2D eigenvalue weighted by Gasteiger charge is 2.32. The van der Waals surface area contributed by atoms with Crippen LogP contribution in [0.3, 0.4) is 0 Å². The van der Waals surface area contributed by atoms with Crippen LogP contribution in [-0.4, -0.2) is 23.3 Å². The smallest absolute Gasteiger partial charge is 0.0758 e. The number of aliphatic hydroxyl groups is 1. The SMILES string of the molecule is CC(C)CC1CC(C)(O)CN1. The van der Waals surface area contributed by atoms with Crippen LogP contribution < -0.4 is 5.32 Å². The van der Waals surface area contributed by atoms with E-state index in [0.717, 1.165) is 18.9 Å². The van der Waals surface area contributed by atoms with E-state index in [9.17, 15) is 5.11 Å². The Balaban J connectivity index is 2.31. The lowest BCUT2D eigenvalue weighted by atomic mass is 9.97. The molecule has 2 atom stereocenters. The summed E-state index contributed by atoms with van der Waals surface area (Å²) in [5.74, 6) is 0.724. The van der Waals surface area contributed by atoms with E-state index in [-0.39, 0.29) is 0 Å². The molecular weight excluding hydrogens is 138 g/mol. The lowest BCUT2D eigenvalue weighted by molar-refractivity contribution is 0.0785. The van der Waals surface area contributed by atoms with Crippen molar-refractivity contribution >= 4 is 0 Å². The molecule has 0 aromatic rings. The minimum Gasteiger partial charge on any atom is -0.389 e. The highest BCUT2D eigenvalue weighted by atomic mass is 16.3. The molecule has 2 unspecified atom stereocenters. The van der Waals surface area contributed by atoms with Gasteiger partial charge in [-0.1, -0.05) is 13.8 Å². The van der Waals surface area contributed by atoms with Crippen molar-refractivity contribution in [2.45, 2.75) is 45.3 Å². The average Bonchev–Trinajstić information content (AvgIpc) is 2.08. The number of β-amino-alcohol motifs (C(OH)–C–C–N with tert-alkyl or cyclic N) is 1. The predicted molar refractivity (Wildman–Crippen MR) is 46.5 cm³/mol. The number of rotatable bonds is 2. The first-order valence-corrected chi connectivity index (χ1v) is 4.45. The van der Waals surface area contributed by atoms with Gasteiger partial charge in [0.05, 0.1) is 5.60 Å². The van der Waals surface area contributed by atoms with Gasteiger partial charge in [-0.25, -0.2) is 0 Å². The molecule has 0 bridgehead atoms. The van der Waals surface area contributed by atoms with E-state index in [1.54, 1.807) is 0 Å². The van der Waals surface area contributed by atoms with Gasteiger partial charge in [0.2, 0.25) is 0 Å². The fraction of sp³-hybridized carbons (Fsp3) is 1.00. The highest BCUT2D eigenvalue weighted by Crippen LogP contribution is 2.22. The molecule has 2 N–H and O–H groups in total. The minimum absolute atomic E-state index is 0.459. The van der Waals surface area contributed by atoms with E-state index in [1.165, 1.54) is 6.42 Å². The van der Waals surface area contributed by atoms with Crippen LogP contribution in [0, 0.1) is 5.92 Å². The predicted octanol–water partition coefficient (Wildman–Crippen LogP) is 1.15. The zero-order chi connectivity index (χ0) is 8.48. The molecule has 1 aliphatic rings.